The topological polar surface area (TPSA) is 32.4 Å². The Balaban J connectivity index is 2.21. The number of ketones is 1. The van der Waals surface area contributed by atoms with Crippen LogP contribution in [0, 0.1) is 0 Å². The second-order valence-electron chi connectivity index (χ2n) is 2.19. The molecule has 0 aromatic heterocycles. The third-order valence-corrected chi connectivity index (χ3v) is 1.47. The number of hydrogen-bond acceptors (Lipinski definition) is 3. The lowest BCUT2D eigenvalue weighted by molar-refractivity contribution is -0.113. The maximum Gasteiger partial charge on any atom is 0.177 e. The molecule has 0 aliphatic carbocycles. The van der Waals surface area contributed by atoms with Gasteiger partial charge in [-0.3, -0.25) is 9.80 Å². The van der Waals surface area contributed by atoms with E-state index in [4.69, 9.17) is 0 Å². The number of carbonyl (C=O) groups excluding carboxylic acids is 1. The highest BCUT2D eigenvalue weighted by Crippen LogP contribution is 2.23. The molecule has 0 radical (unpaired) electrons. The van der Waals surface area contributed by atoms with E-state index in [1.807, 2.05) is 5.01 Å². The van der Waals surface area contributed by atoms with E-state index in [2.05, 4.69) is 5.10 Å². The number of carbonyl (C=O) groups is 1. The van der Waals surface area contributed by atoms with Crippen LogP contribution in [-0.2, 0) is 4.79 Å². The number of Topliss-reactive ketones (excluding diaryl/α,β-unsaturated/α-hetero) is 1. The quantitative estimate of drug-likeness (QED) is 0.398. The number of nitrogens with zero attached hydrogens (tertiary/aromatic N) is 2. The SMILES string of the molecule is O=C1C=NN2CC2C1. The molecule has 3 heteroatoms. The summed E-state index contributed by atoms with van der Waals surface area (Å²) in [6, 6.07) is 0.465. The zero-order valence-corrected chi connectivity index (χ0v) is 4.37. The summed E-state index contributed by atoms with van der Waals surface area (Å²) >= 11 is 0. The summed E-state index contributed by atoms with van der Waals surface area (Å²) in [6.07, 6.45) is 2.09. The second-order valence-corrected chi connectivity index (χ2v) is 2.19. The molecule has 0 spiro atoms. The molecule has 0 N–H and O–H groups in total. The van der Waals surface area contributed by atoms with Gasteiger partial charge in [-0.15, -0.1) is 0 Å². The van der Waals surface area contributed by atoms with Crippen molar-refractivity contribution in [2.24, 2.45) is 5.10 Å². The maximum absolute atomic E-state index is 10.5. The minimum Gasteiger partial charge on any atom is -0.293 e. The van der Waals surface area contributed by atoms with Crippen LogP contribution in [0.5, 0.6) is 0 Å². The van der Waals surface area contributed by atoms with Gasteiger partial charge >= 0.3 is 0 Å². The molecular formula is C5H6N2O. The van der Waals surface area contributed by atoms with Gasteiger partial charge < -0.3 is 0 Å². The molecule has 3 nitrogen and oxygen atoms in total. The van der Waals surface area contributed by atoms with Gasteiger partial charge in [-0.05, 0) is 0 Å². The summed E-state index contributed by atoms with van der Waals surface area (Å²) in [4.78, 5) is 10.5. The Labute approximate surface area is 47.0 Å². The van der Waals surface area contributed by atoms with Crippen molar-refractivity contribution in [2.75, 3.05) is 6.54 Å². The molecule has 1 saturated heterocycles. The van der Waals surface area contributed by atoms with E-state index in [-0.39, 0.29) is 5.78 Å². The molecule has 0 saturated carbocycles. The lowest BCUT2D eigenvalue weighted by Gasteiger charge is -1.99. The lowest BCUT2D eigenvalue weighted by atomic mass is 10.2. The van der Waals surface area contributed by atoms with Crippen LogP contribution in [0.15, 0.2) is 5.10 Å². The first-order valence-electron chi connectivity index (χ1n) is 2.70. The van der Waals surface area contributed by atoms with Crippen LogP contribution >= 0.6 is 0 Å². The van der Waals surface area contributed by atoms with Gasteiger partial charge in [-0.1, -0.05) is 0 Å². The molecular weight excluding hydrogens is 104 g/mol. The summed E-state index contributed by atoms with van der Waals surface area (Å²) in [5, 5.41) is 5.76. The highest BCUT2D eigenvalue weighted by molar-refractivity contribution is 6.28. The van der Waals surface area contributed by atoms with E-state index >= 15 is 0 Å². The van der Waals surface area contributed by atoms with Crippen LogP contribution in [0.25, 0.3) is 0 Å². The molecule has 2 aliphatic rings. The van der Waals surface area contributed by atoms with Crippen molar-refractivity contribution in [3.05, 3.63) is 0 Å². The molecule has 2 aliphatic heterocycles. The Morgan fingerprint density at radius 1 is 1.88 bits per heavy atom. The lowest BCUT2D eigenvalue weighted by Crippen LogP contribution is -2.11. The molecule has 1 fully saturated rings. The van der Waals surface area contributed by atoms with Gasteiger partial charge in [-0.25, -0.2) is 0 Å². The van der Waals surface area contributed by atoms with Crippen LogP contribution in [0.2, 0.25) is 0 Å². The minimum absolute atomic E-state index is 0.170. The molecule has 8 heavy (non-hydrogen) atoms. The number of fused-ring (bicyclic) bond motifs is 1. The van der Waals surface area contributed by atoms with Crippen molar-refractivity contribution >= 4 is 12.0 Å². The largest absolute Gasteiger partial charge is 0.293 e. The Morgan fingerprint density at radius 2 is 2.75 bits per heavy atom. The first-order valence-corrected chi connectivity index (χ1v) is 2.70. The van der Waals surface area contributed by atoms with Gasteiger partial charge in [0.25, 0.3) is 0 Å². The molecule has 2 heterocycles. The van der Waals surface area contributed by atoms with Crippen LogP contribution in [0.4, 0.5) is 0 Å². The van der Waals surface area contributed by atoms with Crippen LogP contribution < -0.4 is 0 Å². The van der Waals surface area contributed by atoms with Crippen LogP contribution in [0.3, 0.4) is 0 Å². The highest BCUT2D eigenvalue weighted by atomic mass is 16.1. The zero-order valence-electron chi connectivity index (χ0n) is 4.37. The summed E-state index contributed by atoms with van der Waals surface area (Å²) in [5.41, 5.74) is 0. The molecule has 42 valence electrons. The molecule has 2 rings (SSSR count). The normalized spacial score (nSPS) is 32.8. The Hall–Kier alpha value is -0.860. The molecule has 0 aromatic carbocycles. The fourth-order valence-electron chi connectivity index (χ4n) is 0.904. The molecule has 0 bridgehead atoms. The van der Waals surface area contributed by atoms with Gasteiger partial charge in [0.05, 0.1) is 18.8 Å². The third kappa shape index (κ3) is 0.441. The van der Waals surface area contributed by atoms with Crippen molar-refractivity contribution in [3.8, 4) is 0 Å². The summed E-state index contributed by atoms with van der Waals surface area (Å²) in [5.74, 6) is 0.170. The second kappa shape index (κ2) is 1.10. The van der Waals surface area contributed by atoms with Gasteiger partial charge in [0.2, 0.25) is 0 Å². The van der Waals surface area contributed by atoms with E-state index in [0.29, 0.717) is 12.5 Å². The summed E-state index contributed by atoms with van der Waals surface area (Å²) in [6.45, 7) is 0.988. The summed E-state index contributed by atoms with van der Waals surface area (Å²) < 4.78 is 0. The van der Waals surface area contributed by atoms with Gasteiger partial charge in [-0.2, -0.15) is 5.10 Å². The van der Waals surface area contributed by atoms with Crippen molar-refractivity contribution < 1.29 is 4.79 Å². The smallest absolute Gasteiger partial charge is 0.177 e. The van der Waals surface area contributed by atoms with E-state index in [9.17, 15) is 4.79 Å². The fourth-order valence-corrected chi connectivity index (χ4v) is 0.904. The maximum atomic E-state index is 10.5. The third-order valence-electron chi connectivity index (χ3n) is 1.47. The van der Waals surface area contributed by atoms with Crippen molar-refractivity contribution in [3.63, 3.8) is 0 Å². The van der Waals surface area contributed by atoms with Crippen LogP contribution in [0.1, 0.15) is 6.42 Å². The standard InChI is InChI=1S/C5H6N2O/c8-5-1-4-3-7(4)6-2-5/h2,4H,1,3H2. The molecule has 1 atom stereocenters. The Bertz CT molecular complexity index is 164. The molecule has 0 amide bonds. The van der Waals surface area contributed by atoms with E-state index in [1.54, 1.807) is 0 Å². The van der Waals surface area contributed by atoms with E-state index in [1.165, 1.54) is 6.21 Å². The molecule has 0 aromatic rings. The summed E-state index contributed by atoms with van der Waals surface area (Å²) in [7, 11) is 0. The first-order chi connectivity index (χ1) is 3.86. The van der Waals surface area contributed by atoms with Crippen molar-refractivity contribution in [1.29, 1.82) is 0 Å². The predicted octanol–water partition coefficient (Wildman–Crippen LogP) is -0.371. The highest BCUT2D eigenvalue weighted by Gasteiger charge is 2.36. The fraction of sp³-hybridized carbons (Fsp3) is 0.600. The zero-order chi connectivity index (χ0) is 5.56. The van der Waals surface area contributed by atoms with Gasteiger partial charge in [0, 0.05) is 6.42 Å². The van der Waals surface area contributed by atoms with Gasteiger partial charge in [0.15, 0.2) is 5.78 Å². The van der Waals surface area contributed by atoms with Crippen molar-refractivity contribution in [2.45, 2.75) is 12.5 Å². The first kappa shape index (κ1) is 4.06. The Kier molecular flexibility index (Phi) is 0.559. The Morgan fingerprint density at radius 3 is 3.38 bits per heavy atom. The van der Waals surface area contributed by atoms with Crippen LogP contribution in [-0.4, -0.2) is 29.6 Å². The monoisotopic (exact) mass is 110 g/mol. The van der Waals surface area contributed by atoms with Crippen molar-refractivity contribution in [1.82, 2.24) is 5.01 Å². The van der Waals surface area contributed by atoms with E-state index in [0.717, 1.165) is 6.54 Å². The predicted molar refractivity (Wildman–Crippen MR) is 28.6 cm³/mol. The minimum atomic E-state index is 0.170. The molecule has 1 unspecified atom stereocenters. The van der Waals surface area contributed by atoms with E-state index < -0.39 is 0 Å². The number of hydrazone groups is 1. The van der Waals surface area contributed by atoms with Gasteiger partial charge in [0.1, 0.15) is 0 Å². The average Bonchev–Trinajstić information content (AvgIpc) is 2.43. The number of hydrogen-bond donors (Lipinski definition) is 0. The number of rotatable bonds is 0. The average molecular weight is 110 g/mol.